The molecule has 0 aliphatic rings. The molecule has 0 amide bonds. The number of benzene rings is 2. The van der Waals surface area contributed by atoms with Crippen LogP contribution in [0.15, 0.2) is 58.3 Å². The molecule has 2 rings (SSSR count). The van der Waals surface area contributed by atoms with E-state index in [4.69, 9.17) is 0 Å². The van der Waals surface area contributed by atoms with Crippen LogP contribution in [0, 0.1) is 0 Å². The summed E-state index contributed by atoms with van der Waals surface area (Å²) in [6, 6.07) is 18.1. The zero-order valence-electron chi connectivity index (χ0n) is 15.4. The molecule has 0 aliphatic heterocycles. The Hall–Kier alpha value is -1.21. The van der Waals surface area contributed by atoms with Gasteiger partial charge in [0.2, 0.25) is 0 Å². The molecular formula is C22H30S. The lowest BCUT2D eigenvalue weighted by Crippen LogP contribution is -2.15. The third-order valence-corrected chi connectivity index (χ3v) is 6.29. The predicted molar refractivity (Wildman–Crippen MR) is 104 cm³/mol. The first-order valence-corrected chi connectivity index (χ1v) is 9.49. The first-order valence-electron chi connectivity index (χ1n) is 8.67. The Morgan fingerprint density at radius 2 is 0.913 bits per heavy atom. The minimum absolute atomic E-state index is 0.260. The molecule has 2 aromatic rings. The van der Waals surface area contributed by atoms with Crippen LogP contribution in [0.1, 0.15) is 65.5 Å². The van der Waals surface area contributed by atoms with E-state index in [1.165, 1.54) is 20.9 Å². The second kappa shape index (κ2) is 7.13. The molecule has 0 aliphatic carbocycles. The van der Waals surface area contributed by atoms with Crippen molar-refractivity contribution in [3.05, 3.63) is 59.7 Å². The van der Waals surface area contributed by atoms with E-state index >= 15 is 0 Å². The van der Waals surface area contributed by atoms with Gasteiger partial charge >= 0.3 is 0 Å². The Bertz CT molecular complexity index is 561. The van der Waals surface area contributed by atoms with Crippen LogP contribution in [0.4, 0.5) is 0 Å². The average molecular weight is 327 g/mol. The van der Waals surface area contributed by atoms with Gasteiger partial charge in [-0.2, -0.15) is 0 Å². The highest BCUT2D eigenvalue weighted by atomic mass is 32.2. The van der Waals surface area contributed by atoms with E-state index in [1.807, 2.05) is 11.8 Å². The van der Waals surface area contributed by atoms with Crippen molar-refractivity contribution in [1.29, 1.82) is 0 Å². The highest BCUT2D eigenvalue weighted by Gasteiger charge is 2.18. The highest BCUT2D eigenvalue weighted by Crippen LogP contribution is 2.33. The maximum absolute atomic E-state index is 2.31. The van der Waals surface area contributed by atoms with Crippen LogP contribution in [-0.2, 0) is 10.8 Å². The zero-order chi connectivity index (χ0) is 17.1. The average Bonchev–Trinajstić information content (AvgIpc) is 2.56. The maximum atomic E-state index is 2.31. The molecule has 23 heavy (non-hydrogen) atoms. The summed E-state index contributed by atoms with van der Waals surface area (Å²) in [7, 11) is 0. The molecule has 0 unspecified atom stereocenters. The summed E-state index contributed by atoms with van der Waals surface area (Å²) < 4.78 is 0. The molecule has 2 aromatic carbocycles. The van der Waals surface area contributed by atoms with E-state index in [9.17, 15) is 0 Å². The minimum Gasteiger partial charge on any atom is -0.0901 e. The molecule has 124 valence electrons. The van der Waals surface area contributed by atoms with Gasteiger partial charge in [-0.3, -0.25) is 0 Å². The van der Waals surface area contributed by atoms with Gasteiger partial charge in [0.1, 0.15) is 0 Å². The largest absolute Gasteiger partial charge is 0.0901 e. The lowest BCUT2D eigenvalue weighted by Gasteiger charge is -2.24. The molecule has 0 aromatic heterocycles. The van der Waals surface area contributed by atoms with Crippen LogP contribution < -0.4 is 0 Å². The lowest BCUT2D eigenvalue weighted by atomic mass is 9.82. The molecule has 0 bridgehead atoms. The summed E-state index contributed by atoms with van der Waals surface area (Å²) in [4.78, 5) is 2.62. The molecule has 0 N–H and O–H groups in total. The number of rotatable bonds is 6. The van der Waals surface area contributed by atoms with Gasteiger partial charge in [0.15, 0.2) is 0 Å². The summed E-state index contributed by atoms with van der Waals surface area (Å²) >= 11 is 1.84. The van der Waals surface area contributed by atoms with Crippen molar-refractivity contribution in [2.75, 3.05) is 0 Å². The summed E-state index contributed by atoms with van der Waals surface area (Å²) in [5.74, 6) is 0. The fourth-order valence-corrected chi connectivity index (χ4v) is 3.31. The number of hydrogen-bond donors (Lipinski definition) is 0. The van der Waals surface area contributed by atoms with Gasteiger partial charge in [0.05, 0.1) is 0 Å². The zero-order valence-corrected chi connectivity index (χ0v) is 16.3. The Morgan fingerprint density at radius 3 is 1.17 bits per heavy atom. The van der Waals surface area contributed by atoms with Crippen LogP contribution in [-0.4, -0.2) is 0 Å². The predicted octanol–water partition coefficient (Wildman–Crippen LogP) is 7.21. The topological polar surface area (TPSA) is 0 Å². The van der Waals surface area contributed by atoms with Gasteiger partial charge < -0.3 is 0 Å². The monoisotopic (exact) mass is 326 g/mol. The van der Waals surface area contributed by atoms with E-state index in [0.29, 0.717) is 0 Å². The van der Waals surface area contributed by atoms with Gasteiger partial charge in [0, 0.05) is 9.79 Å². The summed E-state index contributed by atoms with van der Waals surface area (Å²) in [5.41, 5.74) is 3.36. The molecule has 0 radical (unpaired) electrons. The quantitative estimate of drug-likeness (QED) is 0.540. The second-order valence-electron chi connectivity index (χ2n) is 7.63. The lowest BCUT2D eigenvalue weighted by molar-refractivity contribution is 0.506. The second-order valence-corrected chi connectivity index (χ2v) is 8.77. The van der Waals surface area contributed by atoms with E-state index < -0.39 is 0 Å². The molecule has 0 spiro atoms. The molecule has 0 nitrogen and oxygen atoms in total. The SMILES string of the molecule is CCC(C)(C)c1ccc(Sc2ccc(C(C)(C)CC)cc2)cc1. The summed E-state index contributed by atoms with van der Waals surface area (Å²) in [6.07, 6.45) is 2.32. The molecule has 0 atom stereocenters. The fraction of sp³-hybridized carbons (Fsp3) is 0.455. The minimum atomic E-state index is 0.260. The molecule has 0 saturated heterocycles. The standard InChI is InChI=1S/C22H30S/c1-7-21(3,4)17-9-13-19(14-10-17)23-20-15-11-18(12-16-20)22(5,6)8-2/h9-16H,7-8H2,1-6H3. The van der Waals surface area contributed by atoms with Crippen molar-refractivity contribution in [2.24, 2.45) is 0 Å². The molecular weight excluding hydrogens is 296 g/mol. The Morgan fingerprint density at radius 1 is 0.609 bits per heavy atom. The third kappa shape index (κ3) is 4.41. The van der Waals surface area contributed by atoms with Crippen molar-refractivity contribution in [2.45, 2.75) is 75.0 Å². The van der Waals surface area contributed by atoms with E-state index in [1.54, 1.807) is 0 Å². The smallest absolute Gasteiger partial charge is 0.0122 e. The first-order chi connectivity index (χ1) is 10.8. The third-order valence-electron chi connectivity index (χ3n) is 5.28. The van der Waals surface area contributed by atoms with E-state index in [-0.39, 0.29) is 10.8 Å². The molecule has 1 heteroatoms. The highest BCUT2D eigenvalue weighted by molar-refractivity contribution is 7.99. The van der Waals surface area contributed by atoms with Gasteiger partial charge in [-0.15, -0.1) is 0 Å². The van der Waals surface area contributed by atoms with Crippen LogP contribution in [0.25, 0.3) is 0 Å². The van der Waals surface area contributed by atoms with Crippen LogP contribution in [0.2, 0.25) is 0 Å². The van der Waals surface area contributed by atoms with Gasteiger partial charge in [-0.05, 0) is 59.1 Å². The van der Waals surface area contributed by atoms with Crippen LogP contribution >= 0.6 is 11.8 Å². The fourth-order valence-electron chi connectivity index (χ4n) is 2.49. The Labute approximate surface area is 146 Å². The molecule has 0 heterocycles. The van der Waals surface area contributed by atoms with Crippen molar-refractivity contribution >= 4 is 11.8 Å². The van der Waals surface area contributed by atoms with Crippen LogP contribution in [0.5, 0.6) is 0 Å². The normalized spacial score (nSPS) is 12.4. The Kier molecular flexibility index (Phi) is 5.62. The molecule has 0 fully saturated rings. The van der Waals surface area contributed by atoms with Gasteiger partial charge in [0.25, 0.3) is 0 Å². The first kappa shape index (κ1) is 18.1. The summed E-state index contributed by atoms with van der Waals surface area (Å²) in [5, 5.41) is 0. The maximum Gasteiger partial charge on any atom is 0.0122 e. The Balaban J connectivity index is 2.11. The van der Waals surface area contributed by atoms with Crippen molar-refractivity contribution in [1.82, 2.24) is 0 Å². The van der Waals surface area contributed by atoms with Gasteiger partial charge in [-0.1, -0.05) is 77.6 Å². The molecule has 0 saturated carbocycles. The summed E-state index contributed by atoms with van der Waals surface area (Å²) in [6.45, 7) is 13.7. The number of hydrogen-bond acceptors (Lipinski definition) is 1. The van der Waals surface area contributed by atoms with Crippen molar-refractivity contribution in [3.63, 3.8) is 0 Å². The van der Waals surface area contributed by atoms with Gasteiger partial charge in [-0.25, -0.2) is 0 Å². The van der Waals surface area contributed by atoms with E-state index in [2.05, 4.69) is 90.1 Å². The van der Waals surface area contributed by atoms with E-state index in [0.717, 1.165) is 12.8 Å². The van der Waals surface area contributed by atoms with Crippen molar-refractivity contribution in [3.8, 4) is 0 Å². The van der Waals surface area contributed by atoms with Crippen LogP contribution in [0.3, 0.4) is 0 Å². The van der Waals surface area contributed by atoms with Crippen molar-refractivity contribution < 1.29 is 0 Å².